The van der Waals surface area contributed by atoms with Gasteiger partial charge < -0.3 is 10.2 Å². The van der Waals surface area contributed by atoms with E-state index in [0.717, 1.165) is 31.2 Å². The van der Waals surface area contributed by atoms with Gasteiger partial charge in [0.15, 0.2) is 0 Å². The van der Waals surface area contributed by atoms with Gasteiger partial charge in [-0.05, 0) is 49.4 Å². The van der Waals surface area contributed by atoms with Gasteiger partial charge in [-0.3, -0.25) is 0 Å². The standard InChI is InChI=1S/C16H14N2O2S/c17-8-13-12-3-1-2-4-15(12)21-16(13)18-9-10-7-11(19)5-6-14(10)20/h5-7,9,19-20H,1-4H2/b18-9+. The van der Waals surface area contributed by atoms with E-state index in [1.807, 2.05) is 0 Å². The van der Waals surface area contributed by atoms with Gasteiger partial charge in [0, 0.05) is 16.7 Å². The second-order valence-corrected chi connectivity index (χ2v) is 6.09. The molecule has 1 aliphatic carbocycles. The summed E-state index contributed by atoms with van der Waals surface area (Å²) in [4.78, 5) is 5.61. The number of aryl methyl sites for hydroxylation is 1. The van der Waals surface area contributed by atoms with Gasteiger partial charge in [0.25, 0.3) is 0 Å². The number of fused-ring (bicyclic) bond motifs is 1. The minimum Gasteiger partial charge on any atom is -0.508 e. The molecule has 5 heteroatoms. The summed E-state index contributed by atoms with van der Waals surface area (Å²) in [6.45, 7) is 0. The number of aromatic hydroxyl groups is 2. The monoisotopic (exact) mass is 298 g/mol. The molecule has 1 aliphatic rings. The van der Waals surface area contributed by atoms with Crippen molar-refractivity contribution in [2.75, 3.05) is 0 Å². The fourth-order valence-electron chi connectivity index (χ4n) is 2.53. The van der Waals surface area contributed by atoms with E-state index in [2.05, 4.69) is 11.1 Å². The Morgan fingerprint density at radius 3 is 2.86 bits per heavy atom. The summed E-state index contributed by atoms with van der Waals surface area (Å²) in [5, 5.41) is 29.2. The van der Waals surface area contributed by atoms with E-state index in [0.29, 0.717) is 16.1 Å². The van der Waals surface area contributed by atoms with Crippen molar-refractivity contribution in [2.24, 2.45) is 4.99 Å². The fraction of sp³-hybridized carbons (Fsp3) is 0.250. The zero-order chi connectivity index (χ0) is 14.8. The van der Waals surface area contributed by atoms with Crippen molar-refractivity contribution >= 4 is 22.6 Å². The average molecular weight is 298 g/mol. The van der Waals surface area contributed by atoms with E-state index in [1.54, 1.807) is 11.3 Å². The Morgan fingerprint density at radius 2 is 2.05 bits per heavy atom. The van der Waals surface area contributed by atoms with Crippen LogP contribution in [0.4, 0.5) is 5.00 Å². The van der Waals surface area contributed by atoms with Crippen molar-refractivity contribution in [3.05, 3.63) is 39.8 Å². The summed E-state index contributed by atoms with van der Waals surface area (Å²) in [7, 11) is 0. The van der Waals surface area contributed by atoms with Gasteiger partial charge in [-0.1, -0.05) is 0 Å². The molecule has 1 heterocycles. The number of hydrogen-bond acceptors (Lipinski definition) is 5. The molecule has 2 N–H and O–H groups in total. The first-order valence-electron chi connectivity index (χ1n) is 6.79. The molecule has 0 unspecified atom stereocenters. The molecule has 0 spiro atoms. The lowest BCUT2D eigenvalue weighted by Gasteiger charge is -2.09. The molecular formula is C16H14N2O2S. The highest BCUT2D eigenvalue weighted by Gasteiger charge is 2.20. The minimum atomic E-state index is 0.0522. The molecule has 0 saturated heterocycles. The number of benzene rings is 1. The molecule has 21 heavy (non-hydrogen) atoms. The summed E-state index contributed by atoms with van der Waals surface area (Å²) in [6.07, 6.45) is 5.74. The number of aliphatic imine (C=N–C) groups is 1. The van der Waals surface area contributed by atoms with Crippen LogP contribution in [0, 0.1) is 11.3 Å². The van der Waals surface area contributed by atoms with Crippen LogP contribution in [0.3, 0.4) is 0 Å². The van der Waals surface area contributed by atoms with E-state index >= 15 is 0 Å². The molecule has 2 aromatic rings. The second kappa shape index (κ2) is 5.58. The van der Waals surface area contributed by atoms with Crippen LogP contribution in [0.1, 0.15) is 34.4 Å². The summed E-state index contributed by atoms with van der Waals surface area (Å²) >= 11 is 1.55. The van der Waals surface area contributed by atoms with Crippen LogP contribution >= 0.6 is 11.3 Å². The summed E-state index contributed by atoms with van der Waals surface area (Å²) in [6, 6.07) is 6.53. The van der Waals surface area contributed by atoms with Crippen LogP contribution in [-0.2, 0) is 12.8 Å². The third-order valence-electron chi connectivity index (χ3n) is 3.60. The van der Waals surface area contributed by atoms with E-state index in [1.165, 1.54) is 29.3 Å². The Morgan fingerprint density at radius 1 is 1.24 bits per heavy atom. The van der Waals surface area contributed by atoms with Crippen molar-refractivity contribution in [1.29, 1.82) is 5.26 Å². The van der Waals surface area contributed by atoms with Crippen LogP contribution in [0.2, 0.25) is 0 Å². The van der Waals surface area contributed by atoms with Gasteiger partial charge >= 0.3 is 0 Å². The second-order valence-electron chi connectivity index (χ2n) is 5.00. The molecule has 3 rings (SSSR count). The number of nitrogens with zero attached hydrogens (tertiary/aromatic N) is 2. The van der Waals surface area contributed by atoms with Crippen LogP contribution in [-0.4, -0.2) is 16.4 Å². The molecule has 0 fully saturated rings. The predicted octanol–water partition coefficient (Wildman–Crippen LogP) is 3.66. The van der Waals surface area contributed by atoms with Crippen molar-refractivity contribution in [3.8, 4) is 17.6 Å². The minimum absolute atomic E-state index is 0.0522. The number of phenolic OH excluding ortho intramolecular Hbond substituents is 2. The molecule has 106 valence electrons. The lowest BCUT2D eigenvalue weighted by molar-refractivity contribution is 0.459. The molecule has 1 aromatic heterocycles. The maximum absolute atomic E-state index is 9.74. The highest BCUT2D eigenvalue weighted by molar-refractivity contribution is 7.16. The highest BCUT2D eigenvalue weighted by atomic mass is 32.1. The maximum Gasteiger partial charge on any atom is 0.134 e. The predicted molar refractivity (Wildman–Crippen MR) is 82.7 cm³/mol. The van der Waals surface area contributed by atoms with Crippen LogP contribution in [0.15, 0.2) is 23.2 Å². The Bertz CT molecular complexity index is 756. The smallest absolute Gasteiger partial charge is 0.134 e. The molecule has 0 radical (unpaired) electrons. The third-order valence-corrected chi connectivity index (χ3v) is 4.80. The molecule has 0 atom stereocenters. The Kier molecular flexibility index (Phi) is 3.63. The van der Waals surface area contributed by atoms with Gasteiger partial charge in [0.05, 0.1) is 5.56 Å². The molecule has 4 nitrogen and oxygen atoms in total. The molecule has 0 aliphatic heterocycles. The Balaban J connectivity index is 1.98. The normalized spacial score (nSPS) is 14.0. The average Bonchev–Trinajstić information content (AvgIpc) is 2.85. The molecule has 0 bridgehead atoms. The van der Waals surface area contributed by atoms with Gasteiger partial charge in [-0.15, -0.1) is 11.3 Å². The maximum atomic E-state index is 9.74. The van der Waals surface area contributed by atoms with Crippen molar-refractivity contribution in [1.82, 2.24) is 0 Å². The lowest BCUT2D eigenvalue weighted by atomic mass is 9.96. The van der Waals surface area contributed by atoms with E-state index in [-0.39, 0.29) is 11.5 Å². The van der Waals surface area contributed by atoms with Crippen LogP contribution < -0.4 is 0 Å². The van der Waals surface area contributed by atoms with Crippen LogP contribution in [0.5, 0.6) is 11.5 Å². The van der Waals surface area contributed by atoms with Gasteiger partial charge in [0.2, 0.25) is 0 Å². The van der Waals surface area contributed by atoms with E-state index in [9.17, 15) is 15.5 Å². The van der Waals surface area contributed by atoms with Crippen molar-refractivity contribution in [2.45, 2.75) is 25.7 Å². The SMILES string of the molecule is N#Cc1c(/N=C/c2cc(O)ccc2O)sc2c1CCCC2. The van der Waals surface area contributed by atoms with Gasteiger partial charge in [0.1, 0.15) is 22.6 Å². The first kappa shape index (κ1) is 13.7. The van der Waals surface area contributed by atoms with Crippen molar-refractivity contribution in [3.63, 3.8) is 0 Å². The number of nitriles is 1. The summed E-state index contributed by atoms with van der Waals surface area (Å²) in [5.74, 6) is 0.122. The molecule has 0 amide bonds. The Labute approximate surface area is 126 Å². The number of thiophene rings is 1. The summed E-state index contributed by atoms with van der Waals surface area (Å²) < 4.78 is 0. The number of hydrogen-bond donors (Lipinski definition) is 2. The lowest BCUT2D eigenvalue weighted by Crippen LogP contribution is -1.99. The van der Waals surface area contributed by atoms with E-state index in [4.69, 9.17) is 0 Å². The topological polar surface area (TPSA) is 76.6 Å². The van der Waals surface area contributed by atoms with Crippen LogP contribution in [0.25, 0.3) is 0 Å². The number of rotatable bonds is 2. The quantitative estimate of drug-likeness (QED) is 0.656. The van der Waals surface area contributed by atoms with Gasteiger partial charge in [-0.25, -0.2) is 4.99 Å². The highest BCUT2D eigenvalue weighted by Crippen LogP contribution is 2.39. The third kappa shape index (κ3) is 2.63. The summed E-state index contributed by atoms with van der Waals surface area (Å²) in [5.41, 5.74) is 2.23. The van der Waals surface area contributed by atoms with E-state index < -0.39 is 0 Å². The molecular weight excluding hydrogens is 284 g/mol. The fourth-order valence-corrected chi connectivity index (χ4v) is 3.71. The van der Waals surface area contributed by atoms with Gasteiger partial charge in [-0.2, -0.15) is 5.26 Å². The van der Waals surface area contributed by atoms with Crippen molar-refractivity contribution < 1.29 is 10.2 Å². The number of phenols is 2. The zero-order valence-electron chi connectivity index (χ0n) is 11.3. The first-order valence-corrected chi connectivity index (χ1v) is 7.61. The largest absolute Gasteiger partial charge is 0.508 e. The first-order chi connectivity index (χ1) is 10.2. The zero-order valence-corrected chi connectivity index (χ0v) is 12.2. The molecule has 0 saturated carbocycles. The Hall–Kier alpha value is -2.32. The molecule has 1 aromatic carbocycles.